The van der Waals surface area contributed by atoms with Crippen molar-refractivity contribution in [2.75, 3.05) is 11.4 Å². The number of anilines is 1. The van der Waals surface area contributed by atoms with E-state index in [1.165, 1.54) is 6.33 Å². The standard InChI is InChI=1S/C10H13BrFN3/c1-6-3-8(11)4-15(6)10-9(12)7(2)13-5-14-10/h5-6,8H,3-4H2,1-2H3. The molecule has 1 aliphatic heterocycles. The van der Waals surface area contributed by atoms with Gasteiger partial charge in [-0.15, -0.1) is 0 Å². The molecule has 2 unspecified atom stereocenters. The van der Waals surface area contributed by atoms with Gasteiger partial charge in [-0.3, -0.25) is 0 Å². The van der Waals surface area contributed by atoms with Crippen LogP contribution in [0.15, 0.2) is 6.33 Å². The van der Waals surface area contributed by atoms with Crippen molar-refractivity contribution in [3.63, 3.8) is 0 Å². The van der Waals surface area contributed by atoms with E-state index < -0.39 is 0 Å². The van der Waals surface area contributed by atoms with Crippen molar-refractivity contribution >= 4 is 21.7 Å². The Balaban J connectivity index is 2.33. The van der Waals surface area contributed by atoms with E-state index in [-0.39, 0.29) is 5.82 Å². The third-order valence-electron chi connectivity index (χ3n) is 2.74. The fourth-order valence-corrected chi connectivity index (χ4v) is 2.76. The van der Waals surface area contributed by atoms with Crippen LogP contribution in [0.3, 0.4) is 0 Å². The second-order valence-corrected chi connectivity index (χ2v) is 5.23. The zero-order valence-corrected chi connectivity index (χ0v) is 10.3. The fraction of sp³-hybridized carbons (Fsp3) is 0.600. The zero-order valence-electron chi connectivity index (χ0n) is 8.74. The molecule has 0 N–H and O–H groups in total. The van der Waals surface area contributed by atoms with Gasteiger partial charge in [-0.25, -0.2) is 14.4 Å². The summed E-state index contributed by atoms with van der Waals surface area (Å²) in [6.45, 7) is 4.54. The van der Waals surface area contributed by atoms with Crippen molar-refractivity contribution in [3.05, 3.63) is 17.8 Å². The molecule has 2 heterocycles. The Morgan fingerprint density at radius 1 is 1.53 bits per heavy atom. The molecule has 0 saturated carbocycles. The molecule has 1 aromatic heterocycles. The minimum absolute atomic E-state index is 0.300. The van der Waals surface area contributed by atoms with Crippen LogP contribution >= 0.6 is 15.9 Å². The Morgan fingerprint density at radius 3 is 2.87 bits per heavy atom. The quantitative estimate of drug-likeness (QED) is 0.736. The number of hydrogen-bond donors (Lipinski definition) is 0. The van der Waals surface area contributed by atoms with Crippen LogP contribution in [0, 0.1) is 12.7 Å². The van der Waals surface area contributed by atoms with E-state index >= 15 is 0 Å². The van der Waals surface area contributed by atoms with Crippen molar-refractivity contribution in [1.82, 2.24) is 9.97 Å². The van der Waals surface area contributed by atoms with Gasteiger partial charge in [0, 0.05) is 17.4 Å². The highest BCUT2D eigenvalue weighted by Crippen LogP contribution is 2.29. The Hall–Kier alpha value is -0.710. The summed E-state index contributed by atoms with van der Waals surface area (Å²) < 4.78 is 13.8. The van der Waals surface area contributed by atoms with E-state index in [4.69, 9.17) is 0 Å². The summed E-state index contributed by atoms with van der Waals surface area (Å²) >= 11 is 3.55. The molecule has 2 atom stereocenters. The highest BCUT2D eigenvalue weighted by atomic mass is 79.9. The van der Waals surface area contributed by atoms with Gasteiger partial charge in [-0.1, -0.05) is 15.9 Å². The predicted molar refractivity (Wildman–Crippen MR) is 60.9 cm³/mol. The number of nitrogens with zero attached hydrogens (tertiary/aromatic N) is 3. The topological polar surface area (TPSA) is 29.0 Å². The first-order chi connectivity index (χ1) is 7.09. The molecule has 1 saturated heterocycles. The SMILES string of the molecule is Cc1ncnc(N2CC(Br)CC2C)c1F. The van der Waals surface area contributed by atoms with Gasteiger partial charge in [-0.2, -0.15) is 0 Å². The van der Waals surface area contributed by atoms with E-state index in [1.807, 2.05) is 4.90 Å². The van der Waals surface area contributed by atoms with Gasteiger partial charge < -0.3 is 4.90 Å². The molecule has 0 radical (unpaired) electrons. The molecule has 5 heteroatoms. The smallest absolute Gasteiger partial charge is 0.186 e. The van der Waals surface area contributed by atoms with Gasteiger partial charge in [-0.05, 0) is 20.3 Å². The van der Waals surface area contributed by atoms with Gasteiger partial charge in [0.25, 0.3) is 0 Å². The number of aromatic nitrogens is 2. The average molecular weight is 274 g/mol. The van der Waals surface area contributed by atoms with Crippen molar-refractivity contribution in [1.29, 1.82) is 0 Å². The highest BCUT2D eigenvalue weighted by molar-refractivity contribution is 9.09. The molecule has 0 bridgehead atoms. The van der Waals surface area contributed by atoms with E-state index in [0.29, 0.717) is 22.4 Å². The van der Waals surface area contributed by atoms with Crippen LogP contribution < -0.4 is 4.90 Å². The van der Waals surface area contributed by atoms with Crippen LogP contribution in [0.1, 0.15) is 19.0 Å². The number of aryl methyl sites for hydroxylation is 1. The molecular weight excluding hydrogens is 261 g/mol. The summed E-state index contributed by atoms with van der Waals surface area (Å²) in [5.41, 5.74) is 0.408. The zero-order chi connectivity index (χ0) is 11.0. The van der Waals surface area contributed by atoms with E-state index in [2.05, 4.69) is 32.8 Å². The van der Waals surface area contributed by atoms with Crippen LogP contribution in [0.25, 0.3) is 0 Å². The Morgan fingerprint density at radius 2 is 2.27 bits per heavy atom. The fourth-order valence-electron chi connectivity index (χ4n) is 1.91. The van der Waals surface area contributed by atoms with Crippen molar-refractivity contribution in [2.24, 2.45) is 0 Å². The molecule has 1 aliphatic rings. The minimum atomic E-state index is -0.300. The monoisotopic (exact) mass is 273 g/mol. The van der Waals surface area contributed by atoms with Crippen LogP contribution in [0.2, 0.25) is 0 Å². The van der Waals surface area contributed by atoms with Crippen molar-refractivity contribution in [3.8, 4) is 0 Å². The lowest BCUT2D eigenvalue weighted by molar-refractivity contribution is 0.587. The van der Waals surface area contributed by atoms with Crippen molar-refractivity contribution in [2.45, 2.75) is 31.1 Å². The predicted octanol–water partition coefficient (Wildman–Crippen LogP) is 2.29. The normalized spacial score (nSPS) is 26.0. The lowest BCUT2D eigenvalue weighted by Crippen LogP contribution is -2.29. The number of hydrogen-bond acceptors (Lipinski definition) is 3. The largest absolute Gasteiger partial charge is 0.350 e. The van der Waals surface area contributed by atoms with E-state index in [9.17, 15) is 4.39 Å². The molecule has 82 valence electrons. The van der Waals surface area contributed by atoms with Gasteiger partial charge >= 0.3 is 0 Å². The molecule has 0 amide bonds. The number of rotatable bonds is 1. The maximum Gasteiger partial charge on any atom is 0.186 e. The van der Waals surface area contributed by atoms with Gasteiger partial charge in [0.15, 0.2) is 11.6 Å². The first-order valence-corrected chi connectivity index (χ1v) is 5.89. The first-order valence-electron chi connectivity index (χ1n) is 4.97. The molecule has 0 aromatic carbocycles. The Kier molecular flexibility index (Phi) is 2.91. The van der Waals surface area contributed by atoms with Crippen LogP contribution in [-0.4, -0.2) is 27.4 Å². The van der Waals surface area contributed by atoms with Gasteiger partial charge in [0.2, 0.25) is 0 Å². The summed E-state index contributed by atoms with van der Waals surface area (Å²) in [6, 6.07) is 0.318. The number of halogens is 2. The third-order valence-corrected chi connectivity index (χ3v) is 3.40. The second kappa shape index (κ2) is 4.04. The molecule has 1 aromatic rings. The molecule has 2 rings (SSSR count). The van der Waals surface area contributed by atoms with Gasteiger partial charge in [0.05, 0.1) is 5.69 Å². The van der Waals surface area contributed by atoms with Crippen LogP contribution in [0.4, 0.5) is 10.2 Å². The van der Waals surface area contributed by atoms with Crippen LogP contribution in [-0.2, 0) is 0 Å². The third kappa shape index (κ3) is 1.97. The van der Waals surface area contributed by atoms with Gasteiger partial charge in [0.1, 0.15) is 6.33 Å². The maximum atomic E-state index is 13.8. The number of alkyl halides is 1. The molecular formula is C10H13BrFN3. The summed E-state index contributed by atoms with van der Waals surface area (Å²) in [7, 11) is 0. The lowest BCUT2D eigenvalue weighted by atomic mass is 10.2. The summed E-state index contributed by atoms with van der Waals surface area (Å²) in [6.07, 6.45) is 2.44. The molecule has 1 fully saturated rings. The first kappa shape index (κ1) is 10.8. The highest BCUT2D eigenvalue weighted by Gasteiger charge is 2.30. The molecule has 0 aliphatic carbocycles. The Labute approximate surface area is 96.8 Å². The maximum absolute atomic E-state index is 13.8. The average Bonchev–Trinajstić information content (AvgIpc) is 2.50. The summed E-state index contributed by atoms with van der Waals surface area (Å²) in [4.78, 5) is 10.3. The van der Waals surface area contributed by atoms with E-state index in [0.717, 1.165) is 13.0 Å². The van der Waals surface area contributed by atoms with Crippen molar-refractivity contribution < 1.29 is 4.39 Å². The molecule has 0 spiro atoms. The molecule has 15 heavy (non-hydrogen) atoms. The lowest BCUT2D eigenvalue weighted by Gasteiger charge is -2.22. The second-order valence-electron chi connectivity index (χ2n) is 3.93. The Bertz CT molecular complexity index is 372. The van der Waals surface area contributed by atoms with E-state index in [1.54, 1.807) is 6.92 Å². The molecule has 3 nitrogen and oxygen atoms in total. The van der Waals surface area contributed by atoms with Crippen LogP contribution in [0.5, 0.6) is 0 Å². The summed E-state index contributed by atoms with van der Waals surface area (Å²) in [5, 5.41) is 0. The minimum Gasteiger partial charge on any atom is -0.350 e. The summed E-state index contributed by atoms with van der Waals surface area (Å²) in [5.74, 6) is 0.128.